The Bertz CT molecular complexity index is 512. The normalized spacial score (nSPS) is 22.2. The van der Waals surface area contributed by atoms with Gasteiger partial charge in [-0.05, 0) is 31.2 Å². The van der Waals surface area contributed by atoms with Crippen molar-refractivity contribution in [1.82, 2.24) is 10.2 Å². The van der Waals surface area contributed by atoms with Crippen molar-refractivity contribution in [2.45, 2.75) is 50.0 Å². The quantitative estimate of drug-likeness (QED) is 0.722. The number of piperidine rings is 1. The zero-order valence-electron chi connectivity index (χ0n) is 15.0. The predicted octanol–water partition coefficient (Wildman–Crippen LogP) is 3.07. The smallest absolute Gasteiger partial charge is 0.221 e. The Morgan fingerprint density at radius 2 is 2.00 bits per heavy atom. The highest BCUT2D eigenvalue weighted by molar-refractivity contribution is 7.98. The van der Waals surface area contributed by atoms with E-state index in [0.717, 1.165) is 50.6 Å². The van der Waals surface area contributed by atoms with Crippen LogP contribution in [0.5, 0.6) is 0 Å². The molecule has 0 radical (unpaired) electrons. The van der Waals surface area contributed by atoms with Gasteiger partial charge in [0.1, 0.15) is 0 Å². The van der Waals surface area contributed by atoms with Gasteiger partial charge in [0.05, 0.1) is 6.10 Å². The number of nitrogens with one attached hydrogen (secondary N) is 1. The monoisotopic (exact) mass is 362 g/mol. The van der Waals surface area contributed by atoms with Crippen molar-refractivity contribution < 1.29 is 9.53 Å². The van der Waals surface area contributed by atoms with E-state index in [1.807, 2.05) is 17.8 Å². The summed E-state index contributed by atoms with van der Waals surface area (Å²) >= 11 is 1.83. The van der Waals surface area contributed by atoms with Gasteiger partial charge in [-0.25, -0.2) is 0 Å². The predicted molar refractivity (Wildman–Crippen MR) is 104 cm³/mol. The maximum absolute atomic E-state index is 12.1. The van der Waals surface area contributed by atoms with Crippen LogP contribution in [0.25, 0.3) is 0 Å². The van der Waals surface area contributed by atoms with Gasteiger partial charge in [-0.2, -0.15) is 11.8 Å². The number of nitrogens with zero attached hydrogens (tertiary/aromatic N) is 1. The summed E-state index contributed by atoms with van der Waals surface area (Å²) in [6.07, 6.45) is 5.60. The topological polar surface area (TPSA) is 41.6 Å². The van der Waals surface area contributed by atoms with E-state index >= 15 is 0 Å². The molecule has 0 saturated carbocycles. The molecule has 2 fully saturated rings. The summed E-state index contributed by atoms with van der Waals surface area (Å²) in [4.78, 5) is 14.6. The molecule has 0 aromatic heterocycles. The number of thioether (sulfide) groups is 1. The van der Waals surface area contributed by atoms with Gasteiger partial charge in [0.2, 0.25) is 5.91 Å². The van der Waals surface area contributed by atoms with E-state index in [1.54, 1.807) is 0 Å². The Kier molecular flexibility index (Phi) is 7.64. The maximum Gasteiger partial charge on any atom is 0.221 e. The molecule has 138 valence electrons. The van der Waals surface area contributed by atoms with E-state index in [9.17, 15) is 4.79 Å². The van der Waals surface area contributed by atoms with Gasteiger partial charge in [0.15, 0.2) is 0 Å². The molecule has 25 heavy (non-hydrogen) atoms. The molecule has 2 aliphatic rings. The van der Waals surface area contributed by atoms with Gasteiger partial charge in [-0.3, -0.25) is 4.79 Å². The third kappa shape index (κ3) is 6.65. The van der Waals surface area contributed by atoms with Crippen molar-refractivity contribution in [3.63, 3.8) is 0 Å². The first kappa shape index (κ1) is 18.7. The van der Waals surface area contributed by atoms with Crippen molar-refractivity contribution in [2.24, 2.45) is 0 Å². The fourth-order valence-corrected chi connectivity index (χ4v) is 4.47. The summed E-state index contributed by atoms with van der Waals surface area (Å²) in [5.74, 6) is 2.08. The summed E-state index contributed by atoms with van der Waals surface area (Å²) in [7, 11) is 0. The van der Waals surface area contributed by atoms with Gasteiger partial charge in [-0.15, -0.1) is 0 Å². The minimum Gasteiger partial charge on any atom is -0.377 e. The molecular formula is C20H30N2O2S. The van der Waals surface area contributed by atoms with E-state index in [4.69, 9.17) is 4.74 Å². The Labute approximate surface area is 155 Å². The molecule has 2 saturated heterocycles. The van der Waals surface area contributed by atoms with E-state index < -0.39 is 0 Å². The molecule has 1 N–H and O–H groups in total. The molecule has 1 atom stereocenters. The van der Waals surface area contributed by atoms with Crippen LogP contribution in [-0.2, 0) is 15.3 Å². The first-order valence-corrected chi connectivity index (χ1v) is 10.7. The fourth-order valence-electron chi connectivity index (χ4n) is 3.57. The third-order valence-electron chi connectivity index (χ3n) is 5.02. The molecule has 2 aliphatic heterocycles. The summed E-state index contributed by atoms with van der Waals surface area (Å²) < 4.78 is 5.72. The van der Waals surface area contributed by atoms with Crippen LogP contribution in [-0.4, -0.2) is 54.9 Å². The lowest BCUT2D eigenvalue weighted by atomic mass is 10.0. The van der Waals surface area contributed by atoms with Crippen LogP contribution in [0.3, 0.4) is 0 Å². The molecule has 4 nitrogen and oxygen atoms in total. The Morgan fingerprint density at radius 3 is 2.72 bits per heavy atom. The number of carbonyl (C=O) groups is 1. The largest absolute Gasteiger partial charge is 0.377 e. The van der Waals surface area contributed by atoms with Crippen LogP contribution in [0, 0.1) is 0 Å². The van der Waals surface area contributed by atoms with Crippen molar-refractivity contribution in [3.05, 3.63) is 35.9 Å². The Morgan fingerprint density at radius 1 is 1.20 bits per heavy atom. The summed E-state index contributed by atoms with van der Waals surface area (Å²) in [5, 5.41) is 3.22. The SMILES string of the molecule is O=C(CCSCc1ccccc1)NC1CCN(CC2CCCO2)CC1. The third-order valence-corrected chi connectivity index (χ3v) is 6.05. The number of carbonyl (C=O) groups excluding carboxylic acids is 1. The molecule has 3 rings (SSSR count). The Hall–Kier alpha value is -1.04. The zero-order valence-corrected chi connectivity index (χ0v) is 15.8. The fraction of sp³-hybridized carbons (Fsp3) is 0.650. The van der Waals surface area contributed by atoms with Crippen LogP contribution in [0.2, 0.25) is 0 Å². The molecule has 1 aromatic rings. The minimum atomic E-state index is 0.207. The molecule has 1 aromatic carbocycles. The second-order valence-corrected chi connectivity index (χ2v) is 8.17. The first-order valence-electron chi connectivity index (χ1n) is 9.54. The van der Waals surface area contributed by atoms with E-state index in [2.05, 4.69) is 34.5 Å². The van der Waals surface area contributed by atoms with Gasteiger partial charge < -0.3 is 15.0 Å². The number of benzene rings is 1. The van der Waals surface area contributed by atoms with Crippen molar-refractivity contribution in [3.8, 4) is 0 Å². The average Bonchev–Trinajstić information content (AvgIpc) is 3.14. The van der Waals surface area contributed by atoms with Gasteiger partial charge in [0, 0.05) is 50.2 Å². The number of rotatable bonds is 8. The highest BCUT2D eigenvalue weighted by Crippen LogP contribution is 2.17. The lowest BCUT2D eigenvalue weighted by Gasteiger charge is -2.33. The average molecular weight is 363 g/mol. The standard InChI is InChI=1S/C20H30N2O2S/c23-20(10-14-25-16-17-5-2-1-3-6-17)21-18-8-11-22(12-9-18)15-19-7-4-13-24-19/h1-3,5-6,18-19H,4,7-16H2,(H,21,23). The van der Waals surface area contributed by atoms with Gasteiger partial charge in [-0.1, -0.05) is 30.3 Å². The number of amides is 1. The van der Waals surface area contributed by atoms with Crippen molar-refractivity contribution >= 4 is 17.7 Å². The van der Waals surface area contributed by atoms with E-state index in [-0.39, 0.29) is 5.91 Å². The highest BCUT2D eigenvalue weighted by Gasteiger charge is 2.24. The number of hydrogen-bond acceptors (Lipinski definition) is 4. The van der Waals surface area contributed by atoms with Crippen LogP contribution in [0.15, 0.2) is 30.3 Å². The van der Waals surface area contributed by atoms with Crippen LogP contribution < -0.4 is 5.32 Å². The zero-order chi connectivity index (χ0) is 17.3. The lowest BCUT2D eigenvalue weighted by molar-refractivity contribution is -0.121. The van der Waals surface area contributed by atoms with Crippen LogP contribution in [0.1, 0.15) is 37.7 Å². The van der Waals surface area contributed by atoms with Gasteiger partial charge in [0.25, 0.3) is 0 Å². The summed E-state index contributed by atoms with van der Waals surface area (Å²) in [6, 6.07) is 10.8. The van der Waals surface area contributed by atoms with E-state index in [1.165, 1.54) is 18.4 Å². The summed E-state index contributed by atoms with van der Waals surface area (Å²) in [5.41, 5.74) is 1.33. The molecule has 2 heterocycles. The lowest BCUT2D eigenvalue weighted by Crippen LogP contribution is -2.46. The molecule has 0 bridgehead atoms. The molecular weight excluding hydrogens is 332 g/mol. The van der Waals surface area contributed by atoms with Crippen molar-refractivity contribution in [2.75, 3.05) is 32.0 Å². The van der Waals surface area contributed by atoms with Gasteiger partial charge >= 0.3 is 0 Å². The van der Waals surface area contributed by atoms with E-state index in [0.29, 0.717) is 18.6 Å². The van der Waals surface area contributed by atoms with Crippen molar-refractivity contribution in [1.29, 1.82) is 0 Å². The molecule has 0 aliphatic carbocycles. The molecule has 0 spiro atoms. The summed E-state index contributed by atoms with van der Waals surface area (Å²) in [6.45, 7) is 4.15. The number of ether oxygens (including phenoxy) is 1. The second-order valence-electron chi connectivity index (χ2n) is 7.07. The van der Waals surface area contributed by atoms with Crippen LogP contribution in [0.4, 0.5) is 0 Å². The first-order chi connectivity index (χ1) is 12.3. The van der Waals surface area contributed by atoms with Crippen LogP contribution >= 0.6 is 11.8 Å². The second kappa shape index (κ2) is 10.2. The molecule has 1 unspecified atom stereocenters. The maximum atomic E-state index is 12.1. The molecule has 5 heteroatoms. The number of hydrogen-bond donors (Lipinski definition) is 1. The number of likely N-dealkylation sites (tertiary alicyclic amines) is 1. The minimum absolute atomic E-state index is 0.207. The Balaban J connectivity index is 1.25. The highest BCUT2D eigenvalue weighted by atomic mass is 32.2. The molecule has 1 amide bonds.